The van der Waals surface area contributed by atoms with E-state index in [0.717, 1.165) is 16.8 Å². The number of carboxylic acid groups (broad SMARTS) is 1. The largest absolute Gasteiger partial charge is 0.478 e. The quantitative estimate of drug-likeness (QED) is 0.334. The van der Waals surface area contributed by atoms with Crippen LogP contribution in [0.5, 0.6) is 0 Å². The fraction of sp³-hybridized carbons (Fsp3) is 0.250. The molecule has 3 heteroatoms. The number of nitrogens with zero attached hydrogens (tertiary/aromatic N) is 1. The molecule has 1 aliphatic rings. The Labute approximate surface area is 207 Å². The summed E-state index contributed by atoms with van der Waals surface area (Å²) in [5, 5.41) is 9.24. The first-order chi connectivity index (χ1) is 16.7. The predicted molar refractivity (Wildman–Crippen MR) is 143 cm³/mol. The van der Waals surface area contributed by atoms with Crippen molar-refractivity contribution in [3.8, 4) is 33.5 Å². The van der Waals surface area contributed by atoms with E-state index in [-0.39, 0.29) is 16.4 Å². The molecule has 5 rings (SSSR count). The Morgan fingerprint density at radius 1 is 0.714 bits per heavy atom. The highest BCUT2D eigenvalue weighted by molar-refractivity contribution is 5.89. The van der Waals surface area contributed by atoms with E-state index in [9.17, 15) is 9.90 Å². The maximum Gasteiger partial charge on any atom is 0.337 e. The molecule has 3 aromatic carbocycles. The summed E-state index contributed by atoms with van der Waals surface area (Å²) in [6, 6.07) is 27.2. The summed E-state index contributed by atoms with van der Waals surface area (Å²) in [6.45, 7) is 9.41. The van der Waals surface area contributed by atoms with Gasteiger partial charge in [0.15, 0.2) is 0 Å². The van der Waals surface area contributed by atoms with Crippen molar-refractivity contribution in [3.05, 3.63) is 102 Å². The van der Waals surface area contributed by atoms with Gasteiger partial charge in [0, 0.05) is 11.8 Å². The van der Waals surface area contributed by atoms with Crippen molar-refractivity contribution in [1.82, 2.24) is 4.98 Å². The van der Waals surface area contributed by atoms with Gasteiger partial charge in [-0.1, -0.05) is 88.4 Å². The Kier molecular flexibility index (Phi) is 5.59. The first-order valence-electron chi connectivity index (χ1n) is 12.2. The minimum atomic E-state index is -0.969. The van der Waals surface area contributed by atoms with Gasteiger partial charge in [-0.25, -0.2) is 4.79 Å². The van der Waals surface area contributed by atoms with Crippen molar-refractivity contribution in [2.24, 2.45) is 0 Å². The van der Waals surface area contributed by atoms with Crippen molar-refractivity contribution in [2.45, 2.75) is 51.4 Å². The molecular formula is C32H31NO2. The topological polar surface area (TPSA) is 50.2 Å². The fourth-order valence-corrected chi connectivity index (χ4v) is 5.26. The zero-order chi connectivity index (χ0) is 24.8. The standard InChI is InChI=1S/C32H31NO2/c1-31(2)16-17-32(3,4)28-19-22(11-14-27(28)31)26-18-23(29-15-12-24(20-33-29)30(34)35)10-13-25(26)21-8-6-5-7-9-21/h5-15,18-20H,16-17H2,1-4H3,(H,34,35). The molecule has 3 nitrogen and oxygen atoms in total. The van der Waals surface area contributed by atoms with Gasteiger partial charge in [0.2, 0.25) is 0 Å². The van der Waals surface area contributed by atoms with E-state index in [4.69, 9.17) is 0 Å². The third kappa shape index (κ3) is 4.27. The van der Waals surface area contributed by atoms with Gasteiger partial charge in [0.1, 0.15) is 0 Å². The third-order valence-corrected chi connectivity index (χ3v) is 7.57. The predicted octanol–water partition coefficient (Wildman–Crippen LogP) is 8.13. The minimum absolute atomic E-state index is 0.125. The summed E-state index contributed by atoms with van der Waals surface area (Å²) in [6.07, 6.45) is 3.78. The van der Waals surface area contributed by atoms with Crippen LogP contribution in [0.2, 0.25) is 0 Å². The van der Waals surface area contributed by atoms with E-state index in [1.165, 1.54) is 46.9 Å². The number of fused-ring (bicyclic) bond motifs is 1. The Bertz CT molecular complexity index is 1400. The zero-order valence-electron chi connectivity index (χ0n) is 20.8. The normalized spacial score (nSPS) is 15.9. The van der Waals surface area contributed by atoms with Crippen LogP contribution in [0.3, 0.4) is 0 Å². The highest BCUT2D eigenvalue weighted by atomic mass is 16.4. The number of benzene rings is 3. The Balaban J connectivity index is 1.69. The Hall–Kier alpha value is -3.72. The van der Waals surface area contributed by atoms with E-state index in [2.05, 4.69) is 93.3 Å². The number of carbonyl (C=O) groups is 1. The molecule has 1 aliphatic carbocycles. The molecule has 0 saturated carbocycles. The second-order valence-electron chi connectivity index (χ2n) is 10.9. The van der Waals surface area contributed by atoms with Crippen molar-refractivity contribution in [3.63, 3.8) is 0 Å². The van der Waals surface area contributed by atoms with Crippen LogP contribution in [0.25, 0.3) is 33.5 Å². The van der Waals surface area contributed by atoms with Gasteiger partial charge in [-0.15, -0.1) is 0 Å². The number of aromatic nitrogens is 1. The van der Waals surface area contributed by atoms with Crippen LogP contribution in [0, 0.1) is 0 Å². The number of pyridine rings is 1. The third-order valence-electron chi connectivity index (χ3n) is 7.57. The van der Waals surface area contributed by atoms with Crippen LogP contribution in [0.4, 0.5) is 0 Å². The molecular weight excluding hydrogens is 430 g/mol. The van der Waals surface area contributed by atoms with Crippen LogP contribution < -0.4 is 0 Å². The van der Waals surface area contributed by atoms with Gasteiger partial charge in [-0.2, -0.15) is 0 Å². The van der Waals surface area contributed by atoms with E-state index in [1.54, 1.807) is 12.1 Å². The molecule has 1 heterocycles. The molecule has 0 unspecified atom stereocenters. The molecule has 0 spiro atoms. The number of rotatable bonds is 4. The van der Waals surface area contributed by atoms with Gasteiger partial charge in [0.25, 0.3) is 0 Å². The van der Waals surface area contributed by atoms with Crippen LogP contribution in [-0.4, -0.2) is 16.1 Å². The highest BCUT2D eigenvalue weighted by Crippen LogP contribution is 2.47. The molecule has 1 aromatic heterocycles. The first kappa shape index (κ1) is 23.0. The summed E-state index contributed by atoms with van der Waals surface area (Å²) in [5.74, 6) is -0.969. The summed E-state index contributed by atoms with van der Waals surface area (Å²) in [7, 11) is 0. The maximum atomic E-state index is 11.3. The molecule has 0 radical (unpaired) electrons. The summed E-state index contributed by atoms with van der Waals surface area (Å²) in [4.78, 5) is 15.7. The van der Waals surface area contributed by atoms with Crippen LogP contribution in [0.15, 0.2) is 85.1 Å². The fourth-order valence-electron chi connectivity index (χ4n) is 5.26. The highest BCUT2D eigenvalue weighted by Gasteiger charge is 2.37. The van der Waals surface area contributed by atoms with Gasteiger partial charge >= 0.3 is 5.97 Å². The van der Waals surface area contributed by atoms with Crippen molar-refractivity contribution in [1.29, 1.82) is 0 Å². The number of carboxylic acids is 1. The van der Waals surface area contributed by atoms with Crippen LogP contribution in [-0.2, 0) is 10.8 Å². The molecule has 0 aliphatic heterocycles. The van der Waals surface area contributed by atoms with Crippen LogP contribution in [0.1, 0.15) is 62.0 Å². The summed E-state index contributed by atoms with van der Waals surface area (Å²) >= 11 is 0. The van der Waals surface area contributed by atoms with Crippen molar-refractivity contribution < 1.29 is 9.90 Å². The summed E-state index contributed by atoms with van der Waals surface area (Å²) in [5.41, 5.74) is 9.77. The second-order valence-corrected chi connectivity index (χ2v) is 10.9. The lowest BCUT2D eigenvalue weighted by Crippen LogP contribution is -2.33. The minimum Gasteiger partial charge on any atom is -0.478 e. The van der Waals surface area contributed by atoms with Crippen molar-refractivity contribution in [2.75, 3.05) is 0 Å². The molecule has 1 N–H and O–H groups in total. The van der Waals surface area contributed by atoms with Gasteiger partial charge in [-0.3, -0.25) is 4.98 Å². The lowest BCUT2D eigenvalue weighted by atomic mass is 9.63. The average Bonchev–Trinajstić information content (AvgIpc) is 2.87. The van der Waals surface area contributed by atoms with Crippen LogP contribution >= 0.6 is 0 Å². The Morgan fingerprint density at radius 3 is 2.06 bits per heavy atom. The van der Waals surface area contributed by atoms with E-state index < -0.39 is 5.97 Å². The molecule has 0 amide bonds. The molecule has 4 aromatic rings. The van der Waals surface area contributed by atoms with Crippen molar-refractivity contribution >= 4 is 5.97 Å². The van der Waals surface area contributed by atoms with E-state index in [0.29, 0.717) is 0 Å². The van der Waals surface area contributed by atoms with Gasteiger partial charge in [-0.05, 0) is 75.3 Å². The summed E-state index contributed by atoms with van der Waals surface area (Å²) < 4.78 is 0. The molecule has 0 saturated heterocycles. The zero-order valence-corrected chi connectivity index (χ0v) is 20.8. The monoisotopic (exact) mass is 461 g/mol. The van der Waals surface area contributed by atoms with Gasteiger partial charge < -0.3 is 5.11 Å². The number of aromatic carboxylic acids is 1. The lowest BCUT2D eigenvalue weighted by Gasteiger charge is -2.42. The lowest BCUT2D eigenvalue weighted by molar-refractivity contribution is 0.0696. The molecule has 35 heavy (non-hydrogen) atoms. The number of hydrogen-bond acceptors (Lipinski definition) is 2. The molecule has 0 bridgehead atoms. The Morgan fingerprint density at radius 2 is 1.40 bits per heavy atom. The number of hydrogen-bond donors (Lipinski definition) is 1. The molecule has 0 fully saturated rings. The molecule has 176 valence electrons. The molecule has 0 atom stereocenters. The first-order valence-corrected chi connectivity index (χ1v) is 12.2. The smallest absolute Gasteiger partial charge is 0.337 e. The van der Waals surface area contributed by atoms with Gasteiger partial charge in [0.05, 0.1) is 11.3 Å². The van der Waals surface area contributed by atoms with E-state index >= 15 is 0 Å². The maximum absolute atomic E-state index is 11.3. The SMILES string of the molecule is CC1(C)CCC(C)(C)c2cc(-c3cc(-c4ccc(C(=O)O)cn4)ccc3-c3ccccc3)ccc21. The second kappa shape index (κ2) is 8.49. The average molecular weight is 462 g/mol. The van der Waals surface area contributed by atoms with E-state index in [1.807, 2.05) is 6.07 Å².